The molecule has 3 rings (SSSR count). The van der Waals surface area contributed by atoms with Gasteiger partial charge >= 0.3 is 0 Å². The summed E-state index contributed by atoms with van der Waals surface area (Å²) < 4.78 is 32.1. The van der Waals surface area contributed by atoms with E-state index in [4.69, 9.17) is 4.74 Å². The van der Waals surface area contributed by atoms with Crippen LogP contribution in [0.25, 0.3) is 0 Å². The van der Waals surface area contributed by atoms with Gasteiger partial charge in [0.15, 0.2) is 11.4 Å². The molecule has 9 nitrogen and oxygen atoms in total. The average Bonchev–Trinajstić information content (AvgIpc) is 3.24. The normalized spacial score (nSPS) is 17.9. The number of carbonyl (C=O) groups is 2. The molecule has 172 valence electrons. The fourth-order valence-electron chi connectivity index (χ4n) is 3.55. The van der Waals surface area contributed by atoms with Gasteiger partial charge in [-0.15, -0.1) is 0 Å². The topological polar surface area (TPSA) is 124 Å². The number of H-pyrrole nitrogens is 1. The molecule has 2 aromatic rings. The maximum Gasteiger partial charge on any atom is 0.275 e. The predicted molar refractivity (Wildman–Crippen MR) is 110 cm³/mol. The minimum Gasteiger partial charge on any atom is -0.503 e. The number of hydrogen-bond donors (Lipinski definition) is 4. The Kier molecular flexibility index (Phi) is 6.90. The van der Waals surface area contributed by atoms with E-state index in [-0.39, 0.29) is 24.4 Å². The number of halogens is 2. The van der Waals surface area contributed by atoms with Crippen molar-refractivity contribution < 1.29 is 28.2 Å². The van der Waals surface area contributed by atoms with Crippen LogP contribution in [-0.4, -0.2) is 59.3 Å². The maximum atomic E-state index is 13.7. The molecule has 0 aliphatic carbocycles. The van der Waals surface area contributed by atoms with Crippen molar-refractivity contribution in [3.63, 3.8) is 0 Å². The van der Waals surface area contributed by atoms with Crippen molar-refractivity contribution >= 4 is 11.8 Å². The molecule has 1 saturated heterocycles. The molecule has 11 heteroatoms. The maximum absolute atomic E-state index is 13.7. The molecular formula is C21H24F2N4O5. The standard InChI is InChI=1S/C21H24F2N4O5/c1-3-26-21(6-7-32-11-21)27(2)20(31)16-18(29)17(28)14(10-24-16)19(30)25-9-12-4-5-13(22)8-15(12)23/h4-5,8,10,26,29H,3,6-7,9,11H2,1-2H3,(H,24,28)(H,25,30). The summed E-state index contributed by atoms with van der Waals surface area (Å²) in [7, 11) is 1.52. The molecule has 0 spiro atoms. The number of aromatic amines is 1. The number of nitrogens with zero attached hydrogens (tertiary/aromatic N) is 1. The minimum atomic E-state index is -1.06. The summed E-state index contributed by atoms with van der Waals surface area (Å²) in [6, 6.07) is 2.87. The number of ether oxygens (including phenoxy) is 1. The van der Waals surface area contributed by atoms with E-state index in [0.717, 1.165) is 18.3 Å². The number of aromatic hydroxyl groups is 1. The van der Waals surface area contributed by atoms with Crippen molar-refractivity contribution in [3.05, 3.63) is 63.1 Å². The van der Waals surface area contributed by atoms with Crippen LogP contribution in [0, 0.1) is 11.6 Å². The number of amides is 2. The summed E-state index contributed by atoms with van der Waals surface area (Å²) in [5.41, 5.74) is -2.67. The number of carbonyl (C=O) groups excluding carboxylic acids is 2. The van der Waals surface area contributed by atoms with Gasteiger partial charge < -0.3 is 25.0 Å². The van der Waals surface area contributed by atoms with Crippen LogP contribution in [0.5, 0.6) is 5.75 Å². The van der Waals surface area contributed by atoms with Crippen LogP contribution in [-0.2, 0) is 11.3 Å². The van der Waals surface area contributed by atoms with E-state index in [2.05, 4.69) is 15.6 Å². The lowest BCUT2D eigenvalue weighted by atomic mass is 10.1. The third-order valence-corrected chi connectivity index (χ3v) is 5.42. The van der Waals surface area contributed by atoms with Gasteiger partial charge in [-0.2, -0.15) is 0 Å². The molecule has 1 aromatic heterocycles. The van der Waals surface area contributed by atoms with Crippen LogP contribution in [0.4, 0.5) is 8.78 Å². The fourth-order valence-corrected chi connectivity index (χ4v) is 3.55. The summed E-state index contributed by atoms with van der Waals surface area (Å²) in [5, 5.41) is 15.9. The molecule has 2 heterocycles. The van der Waals surface area contributed by atoms with E-state index in [1.807, 2.05) is 6.92 Å². The summed E-state index contributed by atoms with van der Waals surface area (Å²) >= 11 is 0. The van der Waals surface area contributed by atoms with E-state index in [0.29, 0.717) is 25.6 Å². The summed E-state index contributed by atoms with van der Waals surface area (Å²) in [6.45, 7) is 2.83. The van der Waals surface area contributed by atoms with Gasteiger partial charge in [-0.3, -0.25) is 19.7 Å². The Bertz CT molecular complexity index is 1080. The molecular weight excluding hydrogens is 426 g/mol. The molecule has 1 aliphatic rings. The lowest BCUT2D eigenvalue weighted by Crippen LogP contribution is -2.60. The van der Waals surface area contributed by atoms with E-state index in [1.165, 1.54) is 11.9 Å². The monoisotopic (exact) mass is 450 g/mol. The first-order chi connectivity index (χ1) is 15.2. The highest BCUT2D eigenvalue weighted by Gasteiger charge is 2.41. The molecule has 4 N–H and O–H groups in total. The SMILES string of the molecule is CCNC1(N(C)C(=O)c2[nH]cc(C(=O)NCc3ccc(F)cc3F)c(=O)c2O)CCOC1. The molecule has 1 atom stereocenters. The lowest BCUT2D eigenvalue weighted by Gasteiger charge is -2.38. The van der Waals surface area contributed by atoms with E-state index in [1.54, 1.807) is 0 Å². The number of hydrogen-bond acceptors (Lipinski definition) is 6. The zero-order valence-corrected chi connectivity index (χ0v) is 17.6. The Hall–Kier alpha value is -3.31. The first-order valence-electron chi connectivity index (χ1n) is 9.98. The summed E-state index contributed by atoms with van der Waals surface area (Å²) in [6.07, 6.45) is 1.53. The average molecular weight is 450 g/mol. The third-order valence-electron chi connectivity index (χ3n) is 5.42. The number of likely N-dealkylation sites (N-methyl/N-ethyl adjacent to an activating group) is 2. The second kappa shape index (κ2) is 9.45. The van der Waals surface area contributed by atoms with E-state index >= 15 is 0 Å². The van der Waals surface area contributed by atoms with Crippen LogP contribution in [0.1, 0.15) is 39.8 Å². The van der Waals surface area contributed by atoms with Gasteiger partial charge in [-0.05, 0) is 12.6 Å². The highest BCUT2D eigenvalue weighted by molar-refractivity contribution is 5.98. The third kappa shape index (κ3) is 4.48. The number of nitrogens with one attached hydrogen (secondary N) is 3. The van der Waals surface area contributed by atoms with Crippen LogP contribution >= 0.6 is 0 Å². The van der Waals surface area contributed by atoms with Crippen molar-refractivity contribution in [2.75, 3.05) is 26.8 Å². The van der Waals surface area contributed by atoms with E-state index < -0.39 is 45.9 Å². The highest BCUT2D eigenvalue weighted by Crippen LogP contribution is 2.25. The first kappa shape index (κ1) is 23.4. The Morgan fingerprint density at radius 1 is 1.34 bits per heavy atom. The van der Waals surface area contributed by atoms with Gasteiger partial charge in [0.1, 0.15) is 22.9 Å². The van der Waals surface area contributed by atoms with Gasteiger partial charge in [0, 0.05) is 37.8 Å². The van der Waals surface area contributed by atoms with Gasteiger partial charge in [-0.25, -0.2) is 8.78 Å². The van der Waals surface area contributed by atoms with Gasteiger partial charge in [-0.1, -0.05) is 13.0 Å². The van der Waals surface area contributed by atoms with Crippen LogP contribution < -0.4 is 16.1 Å². The quantitative estimate of drug-likeness (QED) is 0.468. The number of rotatable bonds is 7. The number of aromatic nitrogens is 1. The number of benzene rings is 1. The van der Waals surface area contributed by atoms with Gasteiger partial charge in [0.05, 0.1) is 13.2 Å². The van der Waals surface area contributed by atoms with E-state index in [9.17, 15) is 28.3 Å². The molecule has 0 radical (unpaired) electrons. The largest absolute Gasteiger partial charge is 0.503 e. The molecule has 32 heavy (non-hydrogen) atoms. The second-order valence-corrected chi connectivity index (χ2v) is 7.40. The summed E-state index contributed by atoms with van der Waals surface area (Å²) in [5.74, 6) is -4.08. The van der Waals surface area contributed by atoms with Gasteiger partial charge in [0.2, 0.25) is 5.43 Å². The van der Waals surface area contributed by atoms with Crippen molar-refractivity contribution in [2.45, 2.75) is 25.6 Å². The molecule has 1 unspecified atom stereocenters. The van der Waals surface area contributed by atoms with Crippen LogP contribution in [0.3, 0.4) is 0 Å². The smallest absolute Gasteiger partial charge is 0.275 e. The highest BCUT2D eigenvalue weighted by atomic mass is 19.1. The molecule has 2 amide bonds. The van der Waals surface area contributed by atoms with Crippen molar-refractivity contribution in [1.82, 2.24) is 20.5 Å². The fraction of sp³-hybridized carbons (Fsp3) is 0.381. The van der Waals surface area contributed by atoms with Crippen molar-refractivity contribution in [2.24, 2.45) is 0 Å². The second-order valence-electron chi connectivity index (χ2n) is 7.40. The first-order valence-corrected chi connectivity index (χ1v) is 9.98. The number of pyridine rings is 1. The Morgan fingerprint density at radius 3 is 2.72 bits per heavy atom. The predicted octanol–water partition coefficient (Wildman–Crippen LogP) is 1.09. The zero-order chi connectivity index (χ0) is 23.5. The molecule has 0 saturated carbocycles. The van der Waals surface area contributed by atoms with Crippen LogP contribution in [0.15, 0.2) is 29.2 Å². The van der Waals surface area contributed by atoms with Gasteiger partial charge in [0.25, 0.3) is 11.8 Å². The molecule has 0 bridgehead atoms. The van der Waals surface area contributed by atoms with Crippen molar-refractivity contribution in [1.29, 1.82) is 0 Å². The summed E-state index contributed by atoms with van der Waals surface area (Å²) in [4.78, 5) is 41.7. The van der Waals surface area contributed by atoms with Crippen molar-refractivity contribution in [3.8, 4) is 5.75 Å². The zero-order valence-electron chi connectivity index (χ0n) is 17.6. The molecule has 1 fully saturated rings. The molecule has 1 aromatic carbocycles. The molecule has 1 aliphatic heterocycles. The Balaban J connectivity index is 1.79. The van der Waals surface area contributed by atoms with Crippen LogP contribution in [0.2, 0.25) is 0 Å². The Labute approximate surface area is 182 Å². The lowest BCUT2D eigenvalue weighted by molar-refractivity contribution is 0.0391. The minimum absolute atomic E-state index is 0.0151. The Morgan fingerprint density at radius 2 is 2.09 bits per heavy atom.